The van der Waals surface area contributed by atoms with E-state index < -0.39 is 6.04 Å². The zero-order valence-corrected chi connectivity index (χ0v) is 15.5. The van der Waals surface area contributed by atoms with Crippen LogP contribution in [0.1, 0.15) is 17.2 Å². The first kappa shape index (κ1) is 18.5. The van der Waals surface area contributed by atoms with Crippen molar-refractivity contribution in [3.63, 3.8) is 0 Å². The summed E-state index contributed by atoms with van der Waals surface area (Å²) in [6, 6.07) is 14.2. The van der Waals surface area contributed by atoms with Gasteiger partial charge in [-0.15, -0.1) is 0 Å². The molecule has 1 fully saturated rings. The van der Waals surface area contributed by atoms with Crippen molar-refractivity contribution in [1.29, 1.82) is 5.26 Å². The first-order valence-electron chi connectivity index (χ1n) is 8.23. The van der Waals surface area contributed by atoms with E-state index in [1.54, 1.807) is 24.3 Å². The van der Waals surface area contributed by atoms with Gasteiger partial charge in [-0.3, -0.25) is 9.69 Å². The first-order chi connectivity index (χ1) is 12.5. The minimum Gasteiger partial charge on any atom is -0.368 e. The van der Waals surface area contributed by atoms with E-state index in [1.807, 2.05) is 18.2 Å². The summed E-state index contributed by atoms with van der Waals surface area (Å²) in [5, 5.41) is 10.5. The summed E-state index contributed by atoms with van der Waals surface area (Å²) in [5.41, 5.74) is 7.90. The molecule has 1 aliphatic heterocycles. The number of rotatable bonds is 4. The molecule has 0 aliphatic carbocycles. The van der Waals surface area contributed by atoms with Gasteiger partial charge >= 0.3 is 0 Å². The van der Waals surface area contributed by atoms with Crippen molar-refractivity contribution in [1.82, 2.24) is 4.90 Å². The molecule has 0 radical (unpaired) electrons. The smallest absolute Gasteiger partial charge is 0.239 e. The predicted molar refractivity (Wildman–Crippen MR) is 103 cm³/mol. The number of carbonyl (C=O) groups is 1. The van der Waals surface area contributed by atoms with Crippen molar-refractivity contribution < 1.29 is 4.79 Å². The van der Waals surface area contributed by atoms with Gasteiger partial charge in [-0.05, 0) is 35.9 Å². The van der Waals surface area contributed by atoms with Gasteiger partial charge in [-0.1, -0.05) is 35.3 Å². The van der Waals surface area contributed by atoms with Gasteiger partial charge in [0, 0.05) is 36.2 Å². The molecule has 2 N–H and O–H groups in total. The van der Waals surface area contributed by atoms with Gasteiger partial charge in [0.25, 0.3) is 0 Å². The van der Waals surface area contributed by atoms with Crippen LogP contribution >= 0.6 is 23.2 Å². The third-order valence-corrected chi connectivity index (χ3v) is 5.04. The van der Waals surface area contributed by atoms with Crippen molar-refractivity contribution in [3.05, 3.63) is 63.6 Å². The lowest BCUT2D eigenvalue weighted by Crippen LogP contribution is -2.50. The van der Waals surface area contributed by atoms with Crippen molar-refractivity contribution >= 4 is 34.8 Å². The summed E-state index contributed by atoms with van der Waals surface area (Å²) in [4.78, 5) is 16.2. The van der Waals surface area contributed by atoms with E-state index in [1.165, 1.54) is 0 Å². The summed E-state index contributed by atoms with van der Waals surface area (Å²) in [7, 11) is 0. The highest BCUT2D eigenvalue weighted by molar-refractivity contribution is 6.31. The molecule has 1 aliphatic rings. The zero-order valence-electron chi connectivity index (χ0n) is 14.0. The number of amides is 1. The van der Waals surface area contributed by atoms with Gasteiger partial charge < -0.3 is 10.6 Å². The number of anilines is 1. The van der Waals surface area contributed by atoms with Crippen LogP contribution in [0.15, 0.2) is 42.5 Å². The number of nitrogens with zero attached hydrogens (tertiary/aromatic N) is 3. The van der Waals surface area contributed by atoms with Gasteiger partial charge in [0.05, 0.1) is 11.3 Å². The van der Waals surface area contributed by atoms with Crippen LogP contribution in [-0.2, 0) is 4.79 Å². The van der Waals surface area contributed by atoms with Gasteiger partial charge in [-0.2, -0.15) is 5.26 Å². The Bertz CT molecular complexity index is 840. The highest BCUT2D eigenvalue weighted by Crippen LogP contribution is 2.28. The van der Waals surface area contributed by atoms with E-state index >= 15 is 0 Å². The Kier molecular flexibility index (Phi) is 5.67. The SMILES string of the molecule is N#Cc1cc(Cl)ccc1N1CCN(C(C(N)=O)c2ccc(Cl)cc2)CC1. The molecule has 0 aromatic heterocycles. The molecule has 1 atom stereocenters. The zero-order chi connectivity index (χ0) is 18.7. The summed E-state index contributed by atoms with van der Waals surface area (Å²) in [6.07, 6.45) is 0. The lowest BCUT2D eigenvalue weighted by Gasteiger charge is -2.39. The maximum Gasteiger partial charge on any atom is 0.239 e. The molecule has 26 heavy (non-hydrogen) atoms. The van der Waals surface area contributed by atoms with Crippen molar-refractivity contribution in [2.24, 2.45) is 5.73 Å². The molecule has 1 heterocycles. The number of hydrogen-bond donors (Lipinski definition) is 1. The van der Waals surface area contributed by atoms with Gasteiger partial charge in [0.15, 0.2) is 0 Å². The van der Waals surface area contributed by atoms with Crippen LogP contribution in [0.5, 0.6) is 0 Å². The molecule has 5 nitrogen and oxygen atoms in total. The van der Waals surface area contributed by atoms with Crippen LogP contribution in [0.4, 0.5) is 5.69 Å². The number of nitriles is 1. The third kappa shape index (κ3) is 3.94. The molecule has 1 amide bonds. The van der Waals surface area contributed by atoms with Crippen LogP contribution in [0.2, 0.25) is 10.0 Å². The largest absolute Gasteiger partial charge is 0.368 e. The molecule has 1 saturated heterocycles. The molecule has 0 bridgehead atoms. The number of benzene rings is 2. The Labute approximate surface area is 162 Å². The molecule has 3 rings (SSSR count). The highest BCUT2D eigenvalue weighted by Gasteiger charge is 2.29. The number of carbonyl (C=O) groups excluding carboxylic acids is 1. The van der Waals surface area contributed by atoms with Gasteiger partial charge in [0.2, 0.25) is 5.91 Å². The van der Waals surface area contributed by atoms with E-state index in [0.717, 1.165) is 11.3 Å². The second kappa shape index (κ2) is 7.96. The quantitative estimate of drug-likeness (QED) is 0.872. The Morgan fingerprint density at radius 2 is 1.65 bits per heavy atom. The Hall–Kier alpha value is -2.26. The number of halogens is 2. The summed E-state index contributed by atoms with van der Waals surface area (Å²) in [6.45, 7) is 2.69. The highest BCUT2D eigenvalue weighted by atomic mass is 35.5. The minimum atomic E-state index is -0.491. The number of hydrogen-bond acceptors (Lipinski definition) is 4. The van der Waals surface area contributed by atoms with Crippen molar-refractivity contribution in [2.75, 3.05) is 31.1 Å². The molecule has 2 aromatic carbocycles. The Morgan fingerprint density at radius 1 is 1.04 bits per heavy atom. The van der Waals surface area contributed by atoms with E-state index in [-0.39, 0.29) is 5.91 Å². The van der Waals surface area contributed by atoms with E-state index in [9.17, 15) is 10.1 Å². The normalized spacial score (nSPS) is 16.1. The fourth-order valence-electron chi connectivity index (χ4n) is 3.29. The average Bonchev–Trinajstić information content (AvgIpc) is 2.64. The standard InChI is InChI=1S/C19H18Cl2N4O/c20-15-3-1-13(2-4-15)18(19(23)26)25-9-7-24(8-10-25)17-6-5-16(21)11-14(17)12-22/h1-6,11,18H,7-10H2,(H2,23,26). The number of primary amides is 1. The van der Waals surface area contributed by atoms with E-state index in [0.29, 0.717) is 41.8 Å². The fourth-order valence-corrected chi connectivity index (χ4v) is 3.59. The van der Waals surface area contributed by atoms with E-state index in [4.69, 9.17) is 28.9 Å². The van der Waals surface area contributed by atoms with Crippen LogP contribution in [0, 0.1) is 11.3 Å². The monoisotopic (exact) mass is 388 g/mol. The summed E-state index contributed by atoms with van der Waals surface area (Å²) in [5.74, 6) is -0.384. The molecule has 0 saturated carbocycles. The molecule has 134 valence electrons. The molecule has 0 spiro atoms. The Morgan fingerprint density at radius 3 is 2.23 bits per heavy atom. The lowest BCUT2D eigenvalue weighted by molar-refractivity contribution is -0.123. The average molecular weight is 389 g/mol. The van der Waals surface area contributed by atoms with Crippen LogP contribution in [0.3, 0.4) is 0 Å². The molecule has 1 unspecified atom stereocenters. The maximum atomic E-state index is 12.0. The third-order valence-electron chi connectivity index (χ3n) is 4.55. The Balaban J connectivity index is 1.75. The molecule has 2 aromatic rings. The van der Waals surface area contributed by atoms with Crippen LogP contribution in [-0.4, -0.2) is 37.0 Å². The second-order valence-electron chi connectivity index (χ2n) is 6.15. The molecular formula is C19H18Cl2N4O. The predicted octanol–water partition coefficient (Wildman–Crippen LogP) is 3.21. The van der Waals surface area contributed by atoms with Crippen molar-refractivity contribution in [3.8, 4) is 6.07 Å². The summed E-state index contributed by atoms with van der Waals surface area (Å²) < 4.78 is 0. The summed E-state index contributed by atoms with van der Waals surface area (Å²) >= 11 is 11.9. The topological polar surface area (TPSA) is 73.4 Å². The molecule has 7 heteroatoms. The van der Waals surface area contributed by atoms with E-state index in [2.05, 4.69) is 15.9 Å². The first-order valence-corrected chi connectivity index (χ1v) is 8.98. The van der Waals surface area contributed by atoms with Gasteiger partial charge in [-0.25, -0.2) is 0 Å². The van der Waals surface area contributed by atoms with Gasteiger partial charge in [0.1, 0.15) is 12.1 Å². The van der Waals surface area contributed by atoms with Crippen molar-refractivity contribution in [2.45, 2.75) is 6.04 Å². The molecular weight excluding hydrogens is 371 g/mol. The lowest BCUT2D eigenvalue weighted by atomic mass is 10.0. The maximum absolute atomic E-state index is 12.0. The number of piperazine rings is 1. The van der Waals surface area contributed by atoms with Crippen LogP contribution < -0.4 is 10.6 Å². The fraction of sp³-hybridized carbons (Fsp3) is 0.263. The minimum absolute atomic E-state index is 0.384. The van der Waals surface area contributed by atoms with Crippen LogP contribution in [0.25, 0.3) is 0 Å². The number of nitrogens with two attached hydrogens (primary N) is 1. The second-order valence-corrected chi connectivity index (χ2v) is 7.03.